The minimum absolute atomic E-state index is 0.587. The van der Waals surface area contributed by atoms with Crippen LogP contribution in [-0.4, -0.2) is 16.9 Å². The molecule has 0 radical (unpaired) electrons. The van der Waals surface area contributed by atoms with E-state index >= 15 is 0 Å². The molecule has 1 N–H and O–H groups in total. The third kappa shape index (κ3) is 0.500. The fourth-order valence-electron chi connectivity index (χ4n) is 0.851. The fraction of sp³-hybridized carbons (Fsp3) is 0. The van der Waals surface area contributed by atoms with Gasteiger partial charge in [0.05, 0.1) is 5.39 Å². The molecule has 2 aromatic heterocycles. The summed E-state index contributed by atoms with van der Waals surface area (Å²) in [6.45, 7) is 3.36. The van der Waals surface area contributed by atoms with Gasteiger partial charge in [0.25, 0.3) is 0 Å². The van der Waals surface area contributed by atoms with Crippen molar-refractivity contribution in [1.29, 1.82) is 0 Å². The first-order valence-electron chi connectivity index (χ1n) is 2.79. The van der Waals surface area contributed by atoms with Crippen LogP contribution >= 0.6 is 0 Å². The predicted molar refractivity (Wildman–Crippen MR) is 37.6 cm³/mol. The lowest BCUT2D eigenvalue weighted by atomic mass is 10.4. The van der Waals surface area contributed by atoms with Crippen molar-refractivity contribution in [2.24, 2.45) is 4.99 Å². The first-order chi connectivity index (χ1) is 4.92. The number of aromatic amines is 1. The molecule has 2 heterocycles. The maximum absolute atomic E-state index is 4.89. The van der Waals surface area contributed by atoms with Crippen molar-refractivity contribution in [3.63, 3.8) is 0 Å². The summed E-state index contributed by atoms with van der Waals surface area (Å²) in [5.41, 5.74) is 0.849. The van der Waals surface area contributed by atoms with Gasteiger partial charge in [-0.25, -0.2) is 4.99 Å². The number of aromatic nitrogens is 2. The minimum atomic E-state index is 0.587. The highest BCUT2D eigenvalue weighted by Gasteiger charge is 2.03. The maximum Gasteiger partial charge on any atom is 0.184 e. The van der Waals surface area contributed by atoms with Gasteiger partial charge in [-0.3, -0.25) is 5.10 Å². The second-order valence-corrected chi connectivity index (χ2v) is 1.90. The summed E-state index contributed by atoms with van der Waals surface area (Å²) in [6.07, 6.45) is 3.17. The molecule has 50 valence electrons. The van der Waals surface area contributed by atoms with Crippen molar-refractivity contribution in [3.05, 3.63) is 12.5 Å². The molecular formula is C6H5N3O. The number of aliphatic imine (C=N–C) groups is 1. The van der Waals surface area contributed by atoms with Crippen LogP contribution in [0.15, 0.2) is 21.9 Å². The molecule has 4 heteroatoms. The highest BCUT2D eigenvalue weighted by Crippen LogP contribution is 2.22. The molecule has 0 bridgehead atoms. The van der Waals surface area contributed by atoms with Crippen LogP contribution < -0.4 is 0 Å². The molecule has 0 aliphatic heterocycles. The van der Waals surface area contributed by atoms with Crippen molar-refractivity contribution in [1.82, 2.24) is 10.2 Å². The monoisotopic (exact) mass is 135 g/mol. The molecule has 0 aromatic carbocycles. The summed E-state index contributed by atoms with van der Waals surface area (Å²) in [5, 5.41) is 7.47. The molecular weight excluding hydrogens is 130 g/mol. The van der Waals surface area contributed by atoms with Crippen LogP contribution in [0.25, 0.3) is 10.9 Å². The number of fused-ring (bicyclic) bond motifs is 1. The molecule has 0 spiro atoms. The number of hydrogen-bond donors (Lipinski definition) is 1. The molecule has 0 saturated heterocycles. The van der Waals surface area contributed by atoms with Crippen LogP contribution in [0, 0.1) is 0 Å². The number of nitrogens with zero attached hydrogens (tertiary/aromatic N) is 2. The summed E-state index contributed by atoms with van der Waals surface area (Å²) in [5.74, 6) is 0.587. The van der Waals surface area contributed by atoms with E-state index in [0.717, 1.165) is 10.9 Å². The zero-order valence-corrected chi connectivity index (χ0v) is 5.16. The largest absolute Gasteiger partial charge is 0.470 e. The smallest absolute Gasteiger partial charge is 0.184 e. The fourth-order valence-corrected chi connectivity index (χ4v) is 0.851. The van der Waals surface area contributed by atoms with Gasteiger partial charge in [-0.05, 0) is 6.72 Å². The molecule has 0 aliphatic carbocycles. The van der Waals surface area contributed by atoms with Gasteiger partial charge in [0.2, 0.25) is 0 Å². The van der Waals surface area contributed by atoms with E-state index in [0.29, 0.717) is 5.82 Å². The van der Waals surface area contributed by atoms with Crippen molar-refractivity contribution in [2.75, 3.05) is 0 Å². The molecule has 2 aromatic rings. The molecule has 0 amide bonds. The first kappa shape index (κ1) is 5.22. The van der Waals surface area contributed by atoms with Crippen LogP contribution in [0.5, 0.6) is 0 Å². The average Bonchev–Trinajstić information content (AvgIpc) is 2.44. The van der Waals surface area contributed by atoms with Crippen LogP contribution in [-0.2, 0) is 0 Å². The van der Waals surface area contributed by atoms with Gasteiger partial charge in [0, 0.05) is 0 Å². The van der Waals surface area contributed by atoms with Gasteiger partial charge in [-0.1, -0.05) is 0 Å². The van der Waals surface area contributed by atoms with Crippen molar-refractivity contribution in [3.8, 4) is 0 Å². The number of hydrogen-bond acceptors (Lipinski definition) is 3. The zero-order valence-electron chi connectivity index (χ0n) is 5.16. The molecule has 0 atom stereocenters. The first-order valence-corrected chi connectivity index (χ1v) is 2.79. The van der Waals surface area contributed by atoms with E-state index < -0.39 is 0 Å². The van der Waals surface area contributed by atoms with E-state index in [9.17, 15) is 0 Å². The highest BCUT2D eigenvalue weighted by molar-refractivity contribution is 5.87. The topological polar surface area (TPSA) is 54.2 Å². The van der Waals surface area contributed by atoms with Crippen molar-refractivity contribution >= 4 is 23.4 Å². The predicted octanol–water partition coefficient (Wildman–Crippen LogP) is 1.49. The average molecular weight is 135 g/mol. The van der Waals surface area contributed by atoms with E-state index in [2.05, 4.69) is 21.9 Å². The van der Waals surface area contributed by atoms with Crippen LogP contribution in [0.2, 0.25) is 0 Å². The summed E-state index contributed by atoms with van der Waals surface area (Å²) < 4.78 is 4.89. The number of furan rings is 1. The molecule has 0 aliphatic rings. The van der Waals surface area contributed by atoms with Crippen LogP contribution in [0.4, 0.5) is 5.82 Å². The second kappa shape index (κ2) is 1.70. The number of nitrogens with one attached hydrogen (secondary N) is 1. The Bertz CT molecular complexity index is 360. The van der Waals surface area contributed by atoms with Gasteiger partial charge in [-0.15, -0.1) is 0 Å². The van der Waals surface area contributed by atoms with Crippen molar-refractivity contribution in [2.45, 2.75) is 0 Å². The van der Waals surface area contributed by atoms with E-state index in [1.165, 1.54) is 0 Å². The SMILES string of the molecule is C=Nc1n[nH]c2cocc12. The number of rotatable bonds is 1. The highest BCUT2D eigenvalue weighted by atomic mass is 16.3. The lowest BCUT2D eigenvalue weighted by molar-refractivity contribution is 0.571. The van der Waals surface area contributed by atoms with E-state index in [-0.39, 0.29) is 0 Å². The standard InChI is InChI=1S/C6H5N3O/c1-7-6-4-2-10-3-5(4)8-9-6/h2-3,8H,1H2. The van der Waals surface area contributed by atoms with E-state index in [1.807, 2.05) is 0 Å². The van der Waals surface area contributed by atoms with Gasteiger partial charge >= 0.3 is 0 Å². The molecule has 4 nitrogen and oxygen atoms in total. The van der Waals surface area contributed by atoms with E-state index in [4.69, 9.17) is 4.42 Å². The Balaban J connectivity index is 2.88. The van der Waals surface area contributed by atoms with Gasteiger partial charge in [0.15, 0.2) is 5.82 Å². The Hall–Kier alpha value is -1.58. The minimum Gasteiger partial charge on any atom is -0.470 e. The Morgan fingerprint density at radius 1 is 1.60 bits per heavy atom. The van der Waals surface area contributed by atoms with Gasteiger partial charge in [0.1, 0.15) is 18.0 Å². The molecule has 0 saturated carbocycles. The van der Waals surface area contributed by atoms with Gasteiger partial charge < -0.3 is 4.42 Å². The summed E-state index contributed by atoms with van der Waals surface area (Å²) in [7, 11) is 0. The Labute approximate surface area is 56.6 Å². The molecule has 2 rings (SSSR count). The van der Waals surface area contributed by atoms with Gasteiger partial charge in [-0.2, -0.15) is 5.10 Å². The number of H-pyrrole nitrogens is 1. The van der Waals surface area contributed by atoms with E-state index in [1.54, 1.807) is 12.5 Å². The van der Waals surface area contributed by atoms with Crippen LogP contribution in [0.1, 0.15) is 0 Å². The molecule has 0 unspecified atom stereocenters. The zero-order chi connectivity index (χ0) is 6.97. The summed E-state index contributed by atoms with van der Waals surface area (Å²) in [4.78, 5) is 3.68. The summed E-state index contributed by atoms with van der Waals surface area (Å²) in [6, 6.07) is 0. The van der Waals surface area contributed by atoms with Crippen LogP contribution in [0.3, 0.4) is 0 Å². The quantitative estimate of drug-likeness (QED) is 0.602. The lowest BCUT2D eigenvalue weighted by Crippen LogP contribution is -1.62. The Morgan fingerprint density at radius 3 is 3.30 bits per heavy atom. The third-order valence-electron chi connectivity index (χ3n) is 1.33. The summed E-state index contributed by atoms with van der Waals surface area (Å²) >= 11 is 0. The third-order valence-corrected chi connectivity index (χ3v) is 1.33. The lowest BCUT2D eigenvalue weighted by Gasteiger charge is -1.75. The second-order valence-electron chi connectivity index (χ2n) is 1.90. The van der Waals surface area contributed by atoms with Crippen molar-refractivity contribution < 1.29 is 4.42 Å². The maximum atomic E-state index is 4.89. The Kier molecular flexibility index (Phi) is 0.887. The normalized spacial score (nSPS) is 10.4. The molecule has 10 heavy (non-hydrogen) atoms. The molecule has 0 fully saturated rings. The Morgan fingerprint density at radius 2 is 2.50 bits per heavy atom.